The fraction of sp³-hybridized carbons (Fsp3) is 1.00. The van der Waals surface area contributed by atoms with E-state index in [2.05, 4.69) is 0 Å². The SMILES string of the molecule is CC.CC1CCC(C(F)(F)F)CC1. The van der Waals surface area contributed by atoms with Crippen molar-refractivity contribution in [1.29, 1.82) is 0 Å². The van der Waals surface area contributed by atoms with Crippen LogP contribution in [0.25, 0.3) is 0 Å². The third-order valence-electron chi connectivity index (χ3n) is 2.48. The largest absolute Gasteiger partial charge is 0.391 e. The van der Waals surface area contributed by atoms with Gasteiger partial charge in [-0.05, 0) is 18.8 Å². The van der Waals surface area contributed by atoms with Crippen LogP contribution in [0.2, 0.25) is 0 Å². The zero-order valence-electron chi connectivity index (χ0n) is 8.62. The Morgan fingerprint density at radius 1 is 0.923 bits per heavy atom. The van der Waals surface area contributed by atoms with Gasteiger partial charge in [-0.1, -0.05) is 33.6 Å². The molecule has 0 radical (unpaired) electrons. The molecule has 1 saturated carbocycles. The molecule has 0 heterocycles. The molecule has 0 nitrogen and oxygen atoms in total. The third-order valence-corrected chi connectivity index (χ3v) is 2.48. The van der Waals surface area contributed by atoms with Gasteiger partial charge in [-0.2, -0.15) is 13.2 Å². The van der Waals surface area contributed by atoms with Crippen LogP contribution in [0, 0.1) is 11.8 Å². The molecule has 0 aliphatic heterocycles. The molecule has 3 heteroatoms. The van der Waals surface area contributed by atoms with Crippen molar-refractivity contribution in [3.8, 4) is 0 Å². The van der Waals surface area contributed by atoms with Crippen LogP contribution in [0.5, 0.6) is 0 Å². The first-order valence-electron chi connectivity index (χ1n) is 5.07. The lowest BCUT2D eigenvalue weighted by Gasteiger charge is -2.27. The van der Waals surface area contributed by atoms with Crippen molar-refractivity contribution < 1.29 is 13.2 Å². The van der Waals surface area contributed by atoms with E-state index >= 15 is 0 Å². The molecule has 1 aliphatic rings. The first kappa shape index (κ1) is 12.8. The van der Waals surface area contributed by atoms with E-state index in [4.69, 9.17) is 0 Å². The van der Waals surface area contributed by atoms with Crippen LogP contribution in [0.15, 0.2) is 0 Å². The van der Waals surface area contributed by atoms with Gasteiger partial charge in [-0.3, -0.25) is 0 Å². The molecule has 0 aromatic heterocycles. The zero-order chi connectivity index (χ0) is 10.5. The molecule has 0 aromatic carbocycles. The van der Waals surface area contributed by atoms with Crippen molar-refractivity contribution in [3.05, 3.63) is 0 Å². The molecule has 0 saturated heterocycles. The topological polar surface area (TPSA) is 0 Å². The first-order valence-corrected chi connectivity index (χ1v) is 5.07. The maximum absolute atomic E-state index is 12.1. The Labute approximate surface area is 78.5 Å². The van der Waals surface area contributed by atoms with Crippen molar-refractivity contribution in [3.63, 3.8) is 0 Å². The molecule has 80 valence electrons. The predicted molar refractivity (Wildman–Crippen MR) is 48.5 cm³/mol. The number of alkyl halides is 3. The Bertz CT molecular complexity index is 121. The van der Waals surface area contributed by atoms with E-state index in [0.29, 0.717) is 18.8 Å². The summed E-state index contributed by atoms with van der Waals surface area (Å²) >= 11 is 0. The van der Waals surface area contributed by atoms with Crippen LogP contribution in [0.3, 0.4) is 0 Å². The van der Waals surface area contributed by atoms with Gasteiger partial charge in [0.05, 0.1) is 5.92 Å². The van der Waals surface area contributed by atoms with E-state index in [1.165, 1.54) is 0 Å². The zero-order valence-corrected chi connectivity index (χ0v) is 8.62. The highest BCUT2D eigenvalue weighted by Crippen LogP contribution is 2.39. The minimum absolute atomic E-state index is 0.338. The van der Waals surface area contributed by atoms with Gasteiger partial charge in [0.25, 0.3) is 0 Å². The van der Waals surface area contributed by atoms with Crippen molar-refractivity contribution >= 4 is 0 Å². The molecular formula is C10H19F3. The Balaban J connectivity index is 0.000000671. The summed E-state index contributed by atoms with van der Waals surface area (Å²) in [5.41, 5.74) is 0. The van der Waals surface area contributed by atoms with Crippen LogP contribution < -0.4 is 0 Å². The second-order valence-electron chi connectivity index (χ2n) is 3.50. The van der Waals surface area contributed by atoms with Gasteiger partial charge in [0, 0.05) is 0 Å². The van der Waals surface area contributed by atoms with Crippen LogP contribution in [0.4, 0.5) is 13.2 Å². The van der Waals surface area contributed by atoms with E-state index in [1.807, 2.05) is 20.8 Å². The highest BCUT2D eigenvalue weighted by atomic mass is 19.4. The van der Waals surface area contributed by atoms with Gasteiger partial charge in [0.15, 0.2) is 0 Å². The van der Waals surface area contributed by atoms with Crippen molar-refractivity contribution in [2.45, 2.75) is 52.6 Å². The molecule has 0 atom stereocenters. The lowest BCUT2D eigenvalue weighted by molar-refractivity contribution is -0.183. The van der Waals surface area contributed by atoms with Crippen LogP contribution in [0.1, 0.15) is 46.5 Å². The summed E-state index contributed by atoms with van der Waals surface area (Å²) in [5, 5.41) is 0. The average molecular weight is 196 g/mol. The molecule has 0 N–H and O–H groups in total. The summed E-state index contributed by atoms with van der Waals surface area (Å²) in [6.07, 6.45) is -1.79. The third kappa shape index (κ3) is 4.53. The summed E-state index contributed by atoms with van der Waals surface area (Å²) in [6, 6.07) is 0. The smallest absolute Gasteiger partial charge is 0.171 e. The summed E-state index contributed by atoms with van der Waals surface area (Å²) < 4.78 is 36.2. The standard InChI is InChI=1S/C8H13F3.C2H6/c1-6-2-4-7(5-3-6)8(9,10)11;1-2/h6-7H,2-5H2,1H3;1-2H3. The average Bonchev–Trinajstić information content (AvgIpc) is 2.07. The normalized spacial score (nSPS) is 29.1. The molecule has 13 heavy (non-hydrogen) atoms. The summed E-state index contributed by atoms with van der Waals surface area (Å²) in [5.74, 6) is -0.521. The fourth-order valence-corrected chi connectivity index (χ4v) is 1.59. The fourth-order valence-electron chi connectivity index (χ4n) is 1.59. The van der Waals surface area contributed by atoms with E-state index in [9.17, 15) is 13.2 Å². The molecule has 1 fully saturated rings. The second kappa shape index (κ2) is 5.51. The second-order valence-corrected chi connectivity index (χ2v) is 3.50. The van der Waals surface area contributed by atoms with E-state index in [-0.39, 0.29) is 0 Å². The van der Waals surface area contributed by atoms with Gasteiger partial charge in [-0.15, -0.1) is 0 Å². The predicted octanol–water partition coefficient (Wildman–Crippen LogP) is 4.40. The Kier molecular flexibility index (Phi) is 5.42. The lowest BCUT2D eigenvalue weighted by Crippen LogP contribution is -2.26. The summed E-state index contributed by atoms with van der Waals surface area (Å²) in [6.45, 7) is 6.02. The Hall–Kier alpha value is -0.210. The van der Waals surface area contributed by atoms with E-state index in [0.717, 1.165) is 12.8 Å². The molecule has 0 bridgehead atoms. The lowest BCUT2D eigenvalue weighted by atomic mass is 9.83. The molecule has 0 amide bonds. The maximum Gasteiger partial charge on any atom is 0.391 e. The van der Waals surface area contributed by atoms with Gasteiger partial charge >= 0.3 is 6.18 Å². The number of rotatable bonds is 0. The highest BCUT2D eigenvalue weighted by Gasteiger charge is 2.40. The minimum atomic E-state index is -3.94. The van der Waals surface area contributed by atoms with Crippen molar-refractivity contribution in [2.24, 2.45) is 11.8 Å². The number of hydrogen-bond donors (Lipinski definition) is 0. The molecule has 0 aromatic rings. The van der Waals surface area contributed by atoms with E-state index < -0.39 is 12.1 Å². The monoisotopic (exact) mass is 196 g/mol. The van der Waals surface area contributed by atoms with Crippen LogP contribution in [-0.4, -0.2) is 6.18 Å². The van der Waals surface area contributed by atoms with Crippen LogP contribution >= 0.6 is 0 Å². The Morgan fingerprint density at radius 2 is 1.31 bits per heavy atom. The molecule has 1 aliphatic carbocycles. The molecule has 1 rings (SSSR count). The van der Waals surface area contributed by atoms with Crippen molar-refractivity contribution in [1.82, 2.24) is 0 Å². The highest BCUT2D eigenvalue weighted by molar-refractivity contribution is 4.74. The van der Waals surface area contributed by atoms with Gasteiger partial charge in [0.1, 0.15) is 0 Å². The van der Waals surface area contributed by atoms with E-state index in [1.54, 1.807) is 0 Å². The maximum atomic E-state index is 12.1. The summed E-state index contributed by atoms with van der Waals surface area (Å²) in [4.78, 5) is 0. The molecular weight excluding hydrogens is 177 g/mol. The minimum Gasteiger partial charge on any atom is -0.171 e. The number of hydrogen-bond acceptors (Lipinski definition) is 0. The van der Waals surface area contributed by atoms with Gasteiger partial charge in [-0.25, -0.2) is 0 Å². The van der Waals surface area contributed by atoms with Crippen molar-refractivity contribution in [2.75, 3.05) is 0 Å². The van der Waals surface area contributed by atoms with Crippen LogP contribution in [-0.2, 0) is 0 Å². The van der Waals surface area contributed by atoms with Gasteiger partial charge in [0.2, 0.25) is 0 Å². The Morgan fingerprint density at radius 3 is 1.62 bits per heavy atom. The molecule has 0 unspecified atom stereocenters. The van der Waals surface area contributed by atoms with Gasteiger partial charge < -0.3 is 0 Å². The molecule has 0 spiro atoms. The summed E-state index contributed by atoms with van der Waals surface area (Å²) in [7, 11) is 0. The first-order chi connectivity index (χ1) is 6.00. The quantitative estimate of drug-likeness (QED) is 0.538. The number of halogens is 3.